The Bertz CT molecular complexity index is 819. The second-order valence-electron chi connectivity index (χ2n) is 6.49. The minimum Gasteiger partial charge on any atom is -0.459 e. The van der Waals surface area contributed by atoms with Gasteiger partial charge in [0.05, 0.1) is 12.7 Å². The van der Waals surface area contributed by atoms with E-state index >= 15 is 0 Å². The molecule has 0 radical (unpaired) electrons. The van der Waals surface area contributed by atoms with E-state index in [0.717, 1.165) is 36.8 Å². The number of hydrogen-bond donors (Lipinski definition) is 0. The predicted molar refractivity (Wildman–Crippen MR) is 96.0 cm³/mol. The maximum atomic E-state index is 12.2. The second kappa shape index (κ2) is 8.47. The first-order valence-corrected chi connectivity index (χ1v) is 9.02. The number of carbonyl (C=O) groups is 1. The van der Waals surface area contributed by atoms with E-state index < -0.39 is 17.7 Å². The summed E-state index contributed by atoms with van der Waals surface area (Å²) in [5.41, 5.74) is 1.74. The molecular formula is C20H24O6. The molecular weight excluding hydrogens is 336 g/mol. The summed E-state index contributed by atoms with van der Waals surface area (Å²) in [6.07, 6.45) is 2.19. The zero-order valence-electron chi connectivity index (χ0n) is 15.2. The third-order valence-corrected chi connectivity index (χ3v) is 4.56. The molecule has 0 amide bonds. The van der Waals surface area contributed by atoms with Crippen LogP contribution < -0.4 is 5.63 Å². The highest BCUT2D eigenvalue weighted by Crippen LogP contribution is 2.20. The van der Waals surface area contributed by atoms with Crippen LogP contribution in [0.15, 0.2) is 33.5 Å². The van der Waals surface area contributed by atoms with E-state index in [2.05, 4.69) is 0 Å². The Morgan fingerprint density at radius 1 is 1.35 bits per heavy atom. The highest BCUT2D eigenvalue weighted by Gasteiger charge is 2.21. The lowest BCUT2D eigenvalue weighted by atomic mass is 10.1. The van der Waals surface area contributed by atoms with Crippen molar-refractivity contribution in [3.8, 4) is 0 Å². The highest BCUT2D eigenvalue weighted by molar-refractivity contribution is 5.81. The number of hydrogen-bond acceptors (Lipinski definition) is 6. The Hall–Kier alpha value is -2.18. The van der Waals surface area contributed by atoms with Gasteiger partial charge in [0, 0.05) is 23.6 Å². The summed E-state index contributed by atoms with van der Waals surface area (Å²) < 4.78 is 21.6. The van der Waals surface area contributed by atoms with Gasteiger partial charge in [-0.3, -0.25) is 0 Å². The molecule has 140 valence electrons. The third-order valence-electron chi connectivity index (χ3n) is 4.56. The van der Waals surface area contributed by atoms with Gasteiger partial charge in [-0.25, -0.2) is 9.59 Å². The van der Waals surface area contributed by atoms with E-state index in [9.17, 15) is 9.59 Å². The number of fused-ring (bicyclic) bond motifs is 1. The molecule has 2 aromatic rings. The van der Waals surface area contributed by atoms with Crippen molar-refractivity contribution < 1.29 is 23.4 Å². The average molecular weight is 360 g/mol. The van der Waals surface area contributed by atoms with Crippen molar-refractivity contribution in [3.05, 3.63) is 45.8 Å². The van der Waals surface area contributed by atoms with Crippen LogP contribution in [0.3, 0.4) is 0 Å². The fourth-order valence-corrected chi connectivity index (χ4v) is 2.98. The van der Waals surface area contributed by atoms with Gasteiger partial charge in [0.25, 0.3) is 0 Å². The average Bonchev–Trinajstić information content (AvgIpc) is 3.16. The normalized spacial score (nSPS) is 18.2. The van der Waals surface area contributed by atoms with Gasteiger partial charge in [-0.15, -0.1) is 0 Å². The van der Waals surface area contributed by atoms with Crippen LogP contribution in [0.2, 0.25) is 0 Å². The minimum absolute atomic E-state index is 0.0000333. The summed E-state index contributed by atoms with van der Waals surface area (Å²) in [6.45, 7) is 4.81. The van der Waals surface area contributed by atoms with E-state index in [0.29, 0.717) is 17.8 Å². The van der Waals surface area contributed by atoms with Crippen molar-refractivity contribution >= 4 is 16.9 Å². The van der Waals surface area contributed by atoms with Crippen LogP contribution in [-0.2, 0) is 32.0 Å². The molecule has 6 heteroatoms. The molecule has 1 saturated heterocycles. The molecule has 1 fully saturated rings. The first-order chi connectivity index (χ1) is 12.6. The Balaban J connectivity index is 1.63. The molecule has 26 heavy (non-hydrogen) atoms. The number of esters is 1. The van der Waals surface area contributed by atoms with Gasteiger partial charge in [-0.1, -0.05) is 19.1 Å². The molecule has 1 aromatic heterocycles. The lowest BCUT2D eigenvalue weighted by Gasteiger charge is -2.15. The lowest BCUT2D eigenvalue weighted by molar-refractivity contribution is -0.159. The number of ether oxygens (including phenoxy) is 3. The van der Waals surface area contributed by atoms with E-state index in [1.54, 1.807) is 6.92 Å². The van der Waals surface area contributed by atoms with Gasteiger partial charge >= 0.3 is 11.6 Å². The first-order valence-electron chi connectivity index (χ1n) is 9.02. The van der Waals surface area contributed by atoms with Crippen LogP contribution >= 0.6 is 0 Å². The summed E-state index contributed by atoms with van der Waals surface area (Å²) in [4.78, 5) is 23.9. The van der Waals surface area contributed by atoms with Crippen molar-refractivity contribution in [2.24, 2.45) is 0 Å². The molecule has 1 aliphatic heterocycles. The monoisotopic (exact) mass is 360 g/mol. The van der Waals surface area contributed by atoms with Crippen LogP contribution in [0.5, 0.6) is 0 Å². The molecule has 0 aliphatic carbocycles. The SMILES string of the molecule is CCc1ccc2c(COC(=O)C(C)OCC3CCCO3)cc(=O)oc2c1. The Kier molecular flexibility index (Phi) is 6.06. The quantitative estimate of drug-likeness (QED) is 0.558. The largest absolute Gasteiger partial charge is 0.459 e. The summed E-state index contributed by atoms with van der Waals surface area (Å²) >= 11 is 0. The molecule has 2 atom stereocenters. The maximum absolute atomic E-state index is 12.2. The van der Waals surface area contributed by atoms with Gasteiger partial charge in [0.15, 0.2) is 6.10 Å². The Labute approximate surface area is 152 Å². The fourth-order valence-electron chi connectivity index (χ4n) is 2.98. The Morgan fingerprint density at radius 3 is 2.92 bits per heavy atom. The molecule has 1 aromatic carbocycles. The van der Waals surface area contributed by atoms with E-state index in [1.165, 1.54) is 6.07 Å². The standard InChI is InChI=1S/C20H24O6/c1-3-14-6-7-17-15(10-19(21)26-18(17)9-14)11-25-20(22)13(2)24-12-16-5-4-8-23-16/h6-7,9-10,13,16H,3-5,8,11-12H2,1-2H3. The zero-order valence-corrected chi connectivity index (χ0v) is 15.2. The molecule has 0 spiro atoms. The number of aryl methyl sites for hydroxylation is 1. The maximum Gasteiger partial charge on any atom is 0.336 e. The Morgan fingerprint density at radius 2 is 2.19 bits per heavy atom. The third kappa shape index (κ3) is 4.51. The summed E-state index contributed by atoms with van der Waals surface area (Å²) in [6, 6.07) is 7.06. The smallest absolute Gasteiger partial charge is 0.336 e. The molecule has 0 bridgehead atoms. The number of carbonyl (C=O) groups excluding carboxylic acids is 1. The van der Waals surface area contributed by atoms with Crippen molar-refractivity contribution in [1.82, 2.24) is 0 Å². The van der Waals surface area contributed by atoms with Crippen LogP contribution in [0, 0.1) is 0 Å². The second-order valence-corrected chi connectivity index (χ2v) is 6.49. The van der Waals surface area contributed by atoms with Crippen LogP contribution in [0.25, 0.3) is 11.0 Å². The molecule has 2 heterocycles. The highest BCUT2D eigenvalue weighted by atomic mass is 16.6. The lowest BCUT2D eigenvalue weighted by Crippen LogP contribution is -2.27. The first kappa shape index (κ1) is 18.6. The summed E-state index contributed by atoms with van der Waals surface area (Å²) in [5.74, 6) is -0.463. The van der Waals surface area contributed by atoms with Gasteiger partial charge in [0.1, 0.15) is 12.2 Å². The van der Waals surface area contributed by atoms with Gasteiger partial charge in [0.2, 0.25) is 0 Å². The number of rotatable bonds is 7. The van der Waals surface area contributed by atoms with E-state index in [4.69, 9.17) is 18.6 Å². The van der Waals surface area contributed by atoms with E-state index in [-0.39, 0.29) is 12.7 Å². The minimum atomic E-state index is -0.683. The van der Waals surface area contributed by atoms with Gasteiger partial charge in [-0.05, 0) is 37.8 Å². The van der Waals surface area contributed by atoms with E-state index in [1.807, 2.05) is 25.1 Å². The van der Waals surface area contributed by atoms with Crippen LogP contribution in [-0.4, -0.2) is 31.4 Å². The summed E-state index contributed by atoms with van der Waals surface area (Å²) in [7, 11) is 0. The topological polar surface area (TPSA) is 75.0 Å². The molecule has 0 saturated carbocycles. The van der Waals surface area contributed by atoms with Crippen molar-refractivity contribution in [2.45, 2.75) is 51.9 Å². The molecule has 6 nitrogen and oxygen atoms in total. The van der Waals surface area contributed by atoms with Crippen molar-refractivity contribution in [3.63, 3.8) is 0 Å². The predicted octanol–water partition coefficient (Wildman–Crippen LogP) is 2.98. The molecule has 3 rings (SSSR count). The van der Waals surface area contributed by atoms with Crippen molar-refractivity contribution in [2.75, 3.05) is 13.2 Å². The summed E-state index contributed by atoms with van der Waals surface area (Å²) in [5, 5.41) is 0.766. The van der Waals surface area contributed by atoms with Gasteiger partial charge < -0.3 is 18.6 Å². The molecule has 2 unspecified atom stereocenters. The number of benzene rings is 1. The van der Waals surface area contributed by atoms with Crippen LogP contribution in [0.1, 0.15) is 37.8 Å². The van der Waals surface area contributed by atoms with Crippen LogP contribution in [0.4, 0.5) is 0 Å². The fraction of sp³-hybridized carbons (Fsp3) is 0.500. The zero-order chi connectivity index (χ0) is 18.5. The molecule has 1 aliphatic rings. The van der Waals surface area contributed by atoms with Gasteiger partial charge in [-0.2, -0.15) is 0 Å². The van der Waals surface area contributed by atoms with Crippen molar-refractivity contribution in [1.29, 1.82) is 0 Å². The molecule has 0 N–H and O–H groups in total.